The predicted octanol–water partition coefficient (Wildman–Crippen LogP) is 0.895. The van der Waals surface area contributed by atoms with Crippen molar-refractivity contribution in [3.63, 3.8) is 0 Å². The summed E-state index contributed by atoms with van der Waals surface area (Å²) in [6.45, 7) is 0. The van der Waals surface area contributed by atoms with Crippen LogP contribution in [0.4, 0.5) is 5.69 Å². The molecule has 0 aliphatic rings. The van der Waals surface area contributed by atoms with Crippen molar-refractivity contribution >= 4 is 26.6 Å². The fourth-order valence-electron chi connectivity index (χ4n) is 2.10. The molecule has 0 saturated heterocycles. The third-order valence-corrected chi connectivity index (χ3v) is 4.72. The molecule has 0 unspecified atom stereocenters. The Morgan fingerprint density at radius 1 is 1.38 bits per heavy atom. The van der Waals surface area contributed by atoms with Gasteiger partial charge in [-0.2, -0.15) is 5.10 Å². The topological polar surface area (TPSA) is 107 Å². The van der Waals surface area contributed by atoms with E-state index in [4.69, 9.17) is 5.73 Å². The van der Waals surface area contributed by atoms with Crippen LogP contribution in [-0.2, 0) is 23.3 Å². The van der Waals surface area contributed by atoms with Gasteiger partial charge in [-0.15, -0.1) is 0 Å². The number of aryl methyl sites for hydroxylation is 2. The van der Waals surface area contributed by atoms with Crippen molar-refractivity contribution in [2.75, 3.05) is 11.5 Å². The number of nitrogens with two attached hydrogens (primary N) is 1. The van der Waals surface area contributed by atoms with Crippen molar-refractivity contribution in [3.8, 4) is 0 Å². The van der Waals surface area contributed by atoms with Gasteiger partial charge in [0.15, 0.2) is 0 Å². The largest absolute Gasteiger partial charge is 0.399 e. The molecule has 0 fully saturated rings. The van der Waals surface area contributed by atoms with Crippen molar-refractivity contribution in [1.82, 2.24) is 19.7 Å². The number of imidazole rings is 1. The van der Waals surface area contributed by atoms with Gasteiger partial charge >= 0.3 is 0 Å². The number of nitrogens with one attached hydrogen (secondary N) is 1. The highest BCUT2D eigenvalue weighted by Crippen LogP contribution is 2.18. The lowest BCUT2D eigenvalue weighted by Gasteiger charge is -1.99. The van der Waals surface area contributed by atoms with Gasteiger partial charge in [-0.05, 0) is 30.2 Å². The lowest BCUT2D eigenvalue weighted by atomic mass is 10.3. The lowest BCUT2D eigenvalue weighted by Crippen LogP contribution is -2.10. The van der Waals surface area contributed by atoms with Crippen LogP contribution in [0.25, 0.3) is 11.0 Å². The second-order valence-corrected chi connectivity index (χ2v) is 6.93. The van der Waals surface area contributed by atoms with E-state index in [1.165, 1.54) is 0 Å². The minimum absolute atomic E-state index is 0.0198. The standard InChI is InChI=1S/C13H15N5O2S/c1-18-8-9(7-15-18)4-5-21(19,20)13-16-11-3-2-10(14)6-12(11)17-13/h2-3,6-8H,4-5,14H2,1H3,(H,16,17). The highest BCUT2D eigenvalue weighted by molar-refractivity contribution is 7.91. The average Bonchev–Trinajstić information content (AvgIpc) is 3.02. The fraction of sp³-hybridized carbons (Fsp3) is 0.231. The van der Waals surface area contributed by atoms with E-state index in [1.807, 2.05) is 0 Å². The molecule has 0 saturated carbocycles. The van der Waals surface area contributed by atoms with E-state index in [-0.39, 0.29) is 10.9 Å². The van der Waals surface area contributed by atoms with Gasteiger partial charge < -0.3 is 10.7 Å². The molecule has 21 heavy (non-hydrogen) atoms. The summed E-state index contributed by atoms with van der Waals surface area (Å²) in [6.07, 6.45) is 3.86. The van der Waals surface area contributed by atoms with Crippen molar-refractivity contribution in [1.29, 1.82) is 0 Å². The molecule has 1 aromatic carbocycles. The van der Waals surface area contributed by atoms with Gasteiger partial charge in [0, 0.05) is 18.9 Å². The second kappa shape index (κ2) is 4.88. The monoisotopic (exact) mass is 305 g/mol. The smallest absolute Gasteiger partial charge is 0.226 e. The van der Waals surface area contributed by atoms with Crippen molar-refractivity contribution in [3.05, 3.63) is 36.2 Å². The molecule has 0 bridgehead atoms. The van der Waals surface area contributed by atoms with Crippen LogP contribution in [0.15, 0.2) is 35.7 Å². The molecule has 3 N–H and O–H groups in total. The zero-order valence-electron chi connectivity index (χ0n) is 11.4. The number of nitrogen functional groups attached to an aromatic ring is 1. The van der Waals surface area contributed by atoms with Crippen LogP contribution in [0, 0.1) is 0 Å². The van der Waals surface area contributed by atoms with Crippen molar-refractivity contribution < 1.29 is 8.42 Å². The fourth-order valence-corrected chi connectivity index (χ4v) is 3.30. The molecule has 7 nitrogen and oxygen atoms in total. The molecular formula is C13H15N5O2S. The maximum Gasteiger partial charge on any atom is 0.226 e. The number of sulfone groups is 1. The van der Waals surface area contributed by atoms with Crippen LogP contribution in [0.1, 0.15) is 5.56 Å². The van der Waals surface area contributed by atoms with Crippen LogP contribution in [0.5, 0.6) is 0 Å². The molecule has 3 aromatic rings. The molecule has 0 spiro atoms. The first-order valence-electron chi connectivity index (χ1n) is 6.39. The molecule has 2 heterocycles. The van der Waals surface area contributed by atoms with Crippen LogP contribution in [0.3, 0.4) is 0 Å². The molecule has 8 heteroatoms. The Labute approximate surface area is 121 Å². The molecule has 2 aromatic heterocycles. The number of aromatic nitrogens is 4. The molecule has 0 amide bonds. The Balaban J connectivity index is 1.85. The van der Waals surface area contributed by atoms with Crippen molar-refractivity contribution in [2.45, 2.75) is 11.6 Å². The molecule has 3 rings (SSSR count). The molecular weight excluding hydrogens is 290 g/mol. The zero-order valence-corrected chi connectivity index (χ0v) is 12.3. The van der Waals surface area contributed by atoms with E-state index in [9.17, 15) is 8.42 Å². The van der Waals surface area contributed by atoms with E-state index in [1.54, 1.807) is 42.3 Å². The summed E-state index contributed by atoms with van der Waals surface area (Å²) in [6, 6.07) is 5.05. The molecule has 0 aliphatic carbocycles. The number of nitrogens with zero attached hydrogens (tertiary/aromatic N) is 3. The van der Waals surface area contributed by atoms with Crippen LogP contribution >= 0.6 is 0 Å². The van der Waals surface area contributed by atoms with Gasteiger partial charge in [-0.1, -0.05) is 0 Å². The highest BCUT2D eigenvalue weighted by atomic mass is 32.2. The number of hydrogen-bond donors (Lipinski definition) is 2. The average molecular weight is 305 g/mol. The first-order chi connectivity index (χ1) is 9.94. The first-order valence-corrected chi connectivity index (χ1v) is 8.05. The van der Waals surface area contributed by atoms with E-state index >= 15 is 0 Å². The Hall–Kier alpha value is -2.35. The normalized spacial score (nSPS) is 12.0. The Morgan fingerprint density at radius 2 is 2.19 bits per heavy atom. The maximum atomic E-state index is 12.3. The van der Waals surface area contributed by atoms with E-state index in [0.29, 0.717) is 23.1 Å². The van der Waals surface area contributed by atoms with Gasteiger partial charge in [-0.25, -0.2) is 13.4 Å². The van der Waals surface area contributed by atoms with Crippen LogP contribution in [0.2, 0.25) is 0 Å². The predicted molar refractivity (Wildman–Crippen MR) is 79.5 cm³/mol. The number of rotatable bonds is 4. The Bertz CT molecular complexity index is 894. The Kier molecular flexibility index (Phi) is 3.17. The number of anilines is 1. The zero-order chi connectivity index (χ0) is 15.0. The first kappa shape index (κ1) is 13.6. The Morgan fingerprint density at radius 3 is 2.90 bits per heavy atom. The molecule has 0 radical (unpaired) electrons. The molecule has 0 atom stereocenters. The number of benzene rings is 1. The van der Waals surface area contributed by atoms with Gasteiger partial charge in [0.05, 0.1) is 23.0 Å². The summed E-state index contributed by atoms with van der Waals surface area (Å²) in [5.74, 6) is -0.0198. The highest BCUT2D eigenvalue weighted by Gasteiger charge is 2.19. The number of hydrogen-bond acceptors (Lipinski definition) is 5. The van der Waals surface area contributed by atoms with Gasteiger partial charge in [0.1, 0.15) is 0 Å². The van der Waals surface area contributed by atoms with Gasteiger partial charge in [-0.3, -0.25) is 4.68 Å². The third kappa shape index (κ3) is 2.75. The van der Waals surface area contributed by atoms with Crippen LogP contribution in [-0.4, -0.2) is 33.9 Å². The summed E-state index contributed by atoms with van der Waals surface area (Å²) in [5, 5.41) is 4.00. The van der Waals surface area contributed by atoms with E-state index in [2.05, 4.69) is 15.1 Å². The summed E-state index contributed by atoms with van der Waals surface area (Å²) < 4.78 is 26.3. The number of fused-ring (bicyclic) bond motifs is 1. The maximum absolute atomic E-state index is 12.3. The van der Waals surface area contributed by atoms with Gasteiger partial charge in [0.2, 0.25) is 15.0 Å². The quantitative estimate of drug-likeness (QED) is 0.696. The molecule has 110 valence electrons. The summed E-state index contributed by atoms with van der Waals surface area (Å²) >= 11 is 0. The van der Waals surface area contributed by atoms with E-state index < -0.39 is 9.84 Å². The minimum atomic E-state index is -3.47. The summed E-state index contributed by atoms with van der Waals surface area (Å²) in [4.78, 5) is 6.94. The third-order valence-electron chi connectivity index (χ3n) is 3.20. The molecule has 0 aliphatic heterocycles. The number of H-pyrrole nitrogens is 1. The SMILES string of the molecule is Cn1cc(CCS(=O)(=O)c2nc3ccc(N)cc3[nH]2)cn1. The van der Waals surface area contributed by atoms with E-state index in [0.717, 1.165) is 5.56 Å². The van der Waals surface area contributed by atoms with Crippen LogP contribution < -0.4 is 5.73 Å². The summed E-state index contributed by atoms with van der Waals surface area (Å²) in [5.41, 5.74) is 8.32. The number of aromatic amines is 1. The van der Waals surface area contributed by atoms with Gasteiger partial charge in [0.25, 0.3) is 0 Å². The summed E-state index contributed by atoms with van der Waals surface area (Å²) in [7, 11) is -1.68. The second-order valence-electron chi connectivity index (χ2n) is 4.91. The van der Waals surface area contributed by atoms with Crippen molar-refractivity contribution in [2.24, 2.45) is 7.05 Å². The lowest BCUT2D eigenvalue weighted by molar-refractivity contribution is 0.588. The minimum Gasteiger partial charge on any atom is -0.399 e.